The molecule has 3 N–H and O–H groups in total. The number of carbonyl (C=O) groups is 1. The number of aliphatic hydroxyl groups is 2. The molecular weight excluding hydrogens is 424 g/mol. The summed E-state index contributed by atoms with van der Waals surface area (Å²) in [7, 11) is 1.66. The van der Waals surface area contributed by atoms with E-state index in [4.69, 9.17) is 21.4 Å². The molecule has 5 nitrogen and oxygen atoms in total. The number of ether oxygens (including phenoxy) is 1. The van der Waals surface area contributed by atoms with E-state index in [-0.39, 0.29) is 23.6 Å². The lowest BCUT2D eigenvalue weighted by atomic mass is 9.91. The molecule has 30 heavy (non-hydrogen) atoms. The summed E-state index contributed by atoms with van der Waals surface area (Å²) in [6.07, 6.45) is 5.37. The molecule has 2 rings (SSSR count). The fourth-order valence-electron chi connectivity index (χ4n) is 3.96. The van der Waals surface area contributed by atoms with E-state index in [0.717, 1.165) is 29.1 Å². The van der Waals surface area contributed by atoms with Crippen LogP contribution >= 0.6 is 23.4 Å². The summed E-state index contributed by atoms with van der Waals surface area (Å²) in [5.74, 6) is 1.03. The zero-order valence-electron chi connectivity index (χ0n) is 17.5. The van der Waals surface area contributed by atoms with Gasteiger partial charge in [0.1, 0.15) is 0 Å². The molecule has 1 aliphatic carbocycles. The normalized spacial score (nSPS) is 25.1. The Bertz CT molecular complexity index is 683. The molecule has 0 aliphatic heterocycles. The van der Waals surface area contributed by atoms with Crippen molar-refractivity contribution < 1.29 is 24.9 Å². The number of benzene rings is 1. The van der Waals surface area contributed by atoms with Crippen LogP contribution in [0.25, 0.3) is 0 Å². The van der Waals surface area contributed by atoms with Crippen molar-refractivity contribution in [2.45, 2.75) is 56.3 Å². The molecule has 1 aromatic rings. The Labute approximate surface area is 188 Å². The maximum absolute atomic E-state index is 10.6. The highest BCUT2D eigenvalue weighted by Gasteiger charge is 2.39. The number of methoxy groups -OCH3 is 1. The van der Waals surface area contributed by atoms with Gasteiger partial charge in [-0.15, -0.1) is 11.6 Å². The van der Waals surface area contributed by atoms with Gasteiger partial charge in [-0.3, -0.25) is 4.79 Å². The average Bonchev–Trinajstić information content (AvgIpc) is 2.95. The second-order valence-electron chi connectivity index (χ2n) is 7.87. The lowest BCUT2D eigenvalue weighted by Gasteiger charge is -2.21. The van der Waals surface area contributed by atoms with Crippen molar-refractivity contribution >= 4 is 29.3 Å². The molecule has 0 amide bonds. The predicted octanol–water partition coefficient (Wildman–Crippen LogP) is 3.89. The Kier molecular flexibility index (Phi) is 11.2. The average molecular weight is 457 g/mol. The third-order valence-corrected chi connectivity index (χ3v) is 7.05. The Balaban J connectivity index is 1.84. The summed E-state index contributed by atoms with van der Waals surface area (Å²) < 4.78 is 5.16. The third kappa shape index (κ3) is 8.60. The molecule has 0 bridgehead atoms. The van der Waals surface area contributed by atoms with Crippen molar-refractivity contribution in [3.8, 4) is 0 Å². The van der Waals surface area contributed by atoms with Crippen LogP contribution in [0.3, 0.4) is 0 Å². The fourth-order valence-corrected chi connectivity index (χ4v) is 5.43. The summed E-state index contributed by atoms with van der Waals surface area (Å²) >= 11 is 8.22. The smallest absolute Gasteiger partial charge is 0.303 e. The van der Waals surface area contributed by atoms with Gasteiger partial charge >= 0.3 is 5.97 Å². The topological polar surface area (TPSA) is 87.0 Å². The van der Waals surface area contributed by atoms with Crippen molar-refractivity contribution in [1.82, 2.24) is 0 Å². The number of thioether (sulfide) groups is 1. The predicted molar refractivity (Wildman–Crippen MR) is 122 cm³/mol. The van der Waals surface area contributed by atoms with Gasteiger partial charge in [-0.05, 0) is 47.8 Å². The van der Waals surface area contributed by atoms with Crippen LogP contribution in [0.4, 0.5) is 0 Å². The van der Waals surface area contributed by atoms with E-state index in [0.29, 0.717) is 25.9 Å². The van der Waals surface area contributed by atoms with E-state index >= 15 is 0 Å². The molecule has 0 heterocycles. The lowest BCUT2D eigenvalue weighted by Crippen LogP contribution is -2.20. The number of aliphatic hydroxyl groups excluding tert-OH is 2. The van der Waals surface area contributed by atoms with E-state index in [1.54, 1.807) is 24.9 Å². The van der Waals surface area contributed by atoms with Gasteiger partial charge in [-0.2, -0.15) is 11.8 Å². The van der Waals surface area contributed by atoms with Crippen molar-refractivity contribution in [2.24, 2.45) is 11.8 Å². The molecule has 5 atom stereocenters. The van der Waals surface area contributed by atoms with Crippen LogP contribution in [0.5, 0.6) is 0 Å². The molecular formula is C23H33ClO5S. The first-order valence-electron chi connectivity index (χ1n) is 10.5. The first kappa shape index (κ1) is 25.2. The van der Waals surface area contributed by atoms with Gasteiger partial charge in [0.05, 0.1) is 18.8 Å². The summed E-state index contributed by atoms with van der Waals surface area (Å²) in [4.78, 5) is 10.6. The number of hydrogen-bond acceptors (Lipinski definition) is 5. The molecule has 7 heteroatoms. The lowest BCUT2D eigenvalue weighted by molar-refractivity contribution is -0.137. The van der Waals surface area contributed by atoms with Crippen LogP contribution in [0, 0.1) is 11.8 Å². The summed E-state index contributed by atoms with van der Waals surface area (Å²) in [5.41, 5.74) is 2.11. The third-order valence-electron chi connectivity index (χ3n) is 5.45. The van der Waals surface area contributed by atoms with Crippen LogP contribution in [0.1, 0.15) is 36.8 Å². The molecule has 168 valence electrons. The SMILES string of the molecule is COCc1cccc(CC(O)/C=C/C2C(O)CC(Cl)C2CCSCCCC(=O)O)c1. The maximum Gasteiger partial charge on any atom is 0.303 e. The molecule has 0 radical (unpaired) electrons. The standard InChI is InChI=1S/C23H33ClO5S/c1-29-15-17-5-2-4-16(12-17)13-18(25)7-8-20-19(21(24)14-22(20)26)9-11-30-10-3-6-23(27)28/h2,4-5,7-8,12,18-22,25-26H,3,6,9-11,13-15H2,1H3,(H,27,28)/b8-7+. The van der Waals surface area contributed by atoms with Gasteiger partial charge in [-0.25, -0.2) is 0 Å². The Morgan fingerprint density at radius 1 is 1.37 bits per heavy atom. The number of carboxylic acid groups (broad SMARTS) is 1. The first-order chi connectivity index (χ1) is 14.4. The quantitative estimate of drug-likeness (QED) is 0.237. The van der Waals surface area contributed by atoms with Crippen LogP contribution in [0.2, 0.25) is 0 Å². The molecule has 1 aliphatic rings. The van der Waals surface area contributed by atoms with Gasteiger partial charge in [-0.1, -0.05) is 36.4 Å². The fraction of sp³-hybridized carbons (Fsp3) is 0.609. The van der Waals surface area contributed by atoms with E-state index in [9.17, 15) is 15.0 Å². The Morgan fingerprint density at radius 2 is 2.13 bits per heavy atom. The number of alkyl halides is 1. The molecule has 5 unspecified atom stereocenters. The van der Waals surface area contributed by atoms with Crippen LogP contribution in [-0.2, 0) is 22.6 Å². The van der Waals surface area contributed by atoms with Crippen molar-refractivity contribution in [1.29, 1.82) is 0 Å². The minimum Gasteiger partial charge on any atom is -0.481 e. The van der Waals surface area contributed by atoms with Crippen molar-refractivity contribution in [3.05, 3.63) is 47.5 Å². The summed E-state index contributed by atoms with van der Waals surface area (Å²) in [6.45, 7) is 0.543. The van der Waals surface area contributed by atoms with Crippen LogP contribution in [-0.4, -0.2) is 57.5 Å². The van der Waals surface area contributed by atoms with Gasteiger partial charge in [0, 0.05) is 31.2 Å². The van der Waals surface area contributed by atoms with Crippen molar-refractivity contribution in [3.63, 3.8) is 0 Å². The van der Waals surface area contributed by atoms with Gasteiger partial charge in [0.25, 0.3) is 0 Å². The number of halogens is 1. The number of hydrogen-bond donors (Lipinski definition) is 3. The number of carboxylic acids is 1. The first-order valence-corrected chi connectivity index (χ1v) is 12.0. The highest BCUT2D eigenvalue weighted by atomic mass is 35.5. The van der Waals surface area contributed by atoms with Gasteiger partial charge in [0.15, 0.2) is 0 Å². The molecule has 0 saturated heterocycles. The van der Waals surface area contributed by atoms with E-state index < -0.39 is 18.2 Å². The second kappa shape index (κ2) is 13.4. The van der Waals surface area contributed by atoms with E-state index in [1.165, 1.54) is 0 Å². The highest BCUT2D eigenvalue weighted by molar-refractivity contribution is 7.99. The monoisotopic (exact) mass is 456 g/mol. The van der Waals surface area contributed by atoms with E-state index in [2.05, 4.69) is 0 Å². The molecule has 1 saturated carbocycles. The zero-order chi connectivity index (χ0) is 21.9. The largest absolute Gasteiger partial charge is 0.481 e. The van der Waals surface area contributed by atoms with Gasteiger partial charge < -0.3 is 20.1 Å². The minimum absolute atomic E-state index is 0.0680. The summed E-state index contributed by atoms with van der Waals surface area (Å²) in [5, 5.41) is 29.5. The Hall–Kier alpha value is -1.05. The van der Waals surface area contributed by atoms with E-state index in [1.807, 2.05) is 30.3 Å². The molecule has 0 aromatic heterocycles. The van der Waals surface area contributed by atoms with Crippen LogP contribution in [0.15, 0.2) is 36.4 Å². The van der Waals surface area contributed by atoms with Crippen LogP contribution < -0.4 is 0 Å². The van der Waals surface area contributed by atoms with Gasteiger partial charge in [0.2, 0.25) is 0 Å². The minimum atomic E-state index is -0.760. The molecule has 1 aromatic carbocycles. The Morgan fingerprint density at radius 3 is 2.87 bits per heavy atom. The zero-order valence-corrected chi connectivity index (χ0v) is 19.0. The van der Waals surface area contributed by atoms with Crippen molar-refractivity contribution in [2.75, 3.05) is 18.6 Å². The highest BCUT2D eigenvalue weighted by Crippen LogP contribution is 2.39. The second-order valence-corrected chi connectivity index (χ2v) is 9.65. The molecule has 0 spiro atoms. The maximum atomic E-state index is 10.6. The molecule has 1 fully saturated rings. The number of rotatable bonds is 13. The number of aliphatic carboxylic acids is 1. The summed E-state index contributed by atoms with van der Waals surface area (Å²) in [6, 6.07) is 7.97.